The second-order valence-corrected chi connectivity index (χ2v) is 7.43. The summed E-state index contributed by atoms with van der Waals surface area (Å²) in [4.78, 5) is 13.2. The zero-order valence-electron chi connectivity index (χ0n) is 12.1. The summed E-state index contributed by atoms with van der Waals surface area (Å²) in [5, 5.41) is 3.25. The third-order valence-electron chi connectivity index (χ3n) is 4.70. The molecule has 1 aromatic rings. The molecule has 0 unspecified atom stereocenters. The minimum Gasteiger partial charge on any atom is -0.353 e. The molecule has 2 nitrogen and oxygen atoms in total. The SMILES string of the molecule is Cc1ccc(SCCC(=O)N[C@@H]2C[C@@H]3CC[C@@H]2C3)cc1. The number of nitrogens with one attached hydrogen (secondary N) is 1. The van der Waals surface area contributed by atoms with Crippen LogP contribution in [0.3, 0.4) is 0 Å². The first-order valence-electron chi connectivity index (χ1n) is 7.69. The standard InChI is InChI=1S/C17H23NOS/c1-12-2-6-15(7-3-12)20-9-8-17(19)18-16-11-13-4-5-14(16)10-13/h2-3,6-7,13-14,16H,4-5,8-11H2,1H3,(H,18,19)/t13-,14-,16-/m1/s1. The van der Waals surface area contributed by atoms with E-state index in [2.05, 4.69) is 36.5 Å². The Morgan fingerprint density at radius 3 is 2.70 bits per heavy atom. The molecule has 108 valence electrons. The third kappa shape index (κ3) is 3.38. The summed E-state index contributed by atoms with van der Waals surface area (Å²) in [6.45, 7) is 2.09. The number of hydrogen-bond donors (Lipinski definition) is 1. The average molecular weight is 289 g/mol. The van der Waals surface area contributed by atoms with Gasteiger partial charge in [0.15, 0.2) is 0 Å². The highest BCUT2D eigenvalue weighted by Gasteiger charge is 2.39. The zero-order chi connectivity index (χ0) is 13.9. The minimum absolute atomic E-state index is 0.238. The van der Waals surface area contributed by atoms with E-state index in [9.17, 15) is 4.79 Å². The first-order valence-corrected chi connectivity index (χ1v) is 8.68. The van der Waals surface area contributed by atoms with Crippen LogP contribution < -0.4 is 5.32 Å². The van der Waals surface area contributed by atoms with Crippen molar-refractivity contribution in [1.82, 2.24) is 5.32 Å². The first kappa shape index (κ1) is 14.0. The topological polar surface area (TPSA) is 29.1 Å². The van der Waals surface area contributed by atoms with Crippen molar-refractivity contribution in [2.45, 2.75) is 50.0 Å². The van der Waals surface area contributed by atoms with Crippen molar-refractivity contribution in [3.05, 3.63) is 29.8 Å². The van der Waals surface area contributed by atoms with Crippen LogP contribution in [0.15, 0.2) is 29.2 Å². The van der Waals surface area contributed by atoms with Crippen LogP contribution in [0.5, 0.6) is 0 Å². The Labute approximate surface area is 125 Å². The van der Waals surface area contributed by atoms with Crippen molar-refractivity contribution in [1.29, 1.82) is 0 Å². The summed E-state index contributed by atoms with van der Waals surface area (Å²) in [5.74, 6) is 2.78. The lowest BCUT2D eigenvalue weighted by molar-refractivity contribution is -0.121. The van der Waals surface area contributed by atoms with Gasteiger partial charge < -0.3 is 5.32 Å². The fourth-order valence-electron chi connectivity index (χ4n) is 3.60. The highest BCUT2D eigenvalue weighted by molar-refractivity contribution is 7.99. The fraction of sp³-hybridized carbons (Fsp3) is 0.588. The van der Waals surface area contributed by atoms with Crippen LogP contribution in [0, 0.1) is 18.8 Å². The van der Waals surface area contributed by atoms with Gasteiger partial charge >= 0.3 is 0 Å². The van der Waals surface area contributed by atoms with Crippen LogP contribution >= 0.6 is 11.8 Å². The second-order valence-electron chi connectivity index (χ2n) is 6.26. The predicted molar refractivity (Wildman–Crippen MR) is 83.9 cm³/mol. The molecule has 3 rings (SSSR count). The van der Waals surface area contributed by atoms with E-state index < -0.39 is 0 Å². The number of fused-ring (bicyclic) bond motifs is 2. The molecule has 20 heavy (non-hydrogen) atoms. The first-order chi connectivity index (χ1) is 9.70. The van der Waals surface area contributed by atoms with Gasteiger partial charge in [0.25, 0.3) is 0 Å². The number of thioether (sulfide) groups is 1. The second kappa shape index (κ2) is 6.21. The largest absolute Gasteiger partial charge is 0.353 e. The van der Waals surface area contributed by atoms with E-state index in [1.807, 2.05) is 0 Å². The number of amides is 1. The zero-order valence-corrected chi connectivity index (χ0v) is 12.9. The van der Waals surface area contributed by atoms with Gasteiger partial charge in [-0.25, -0.2) is 0 Å². The highest BCUT2D eigenvalue weighted by atomic mass is 32.2. The quantitative estimate of drug-likeness (QED) is 0.836. The molecule has 2 bridgehead atoms. The molecule has 2 aliphatic carbocycles. The Morgan fingerprint density at radius 2 is 2.05 bits per heavy atom. The summed E-state index contributed by atoms with van der Waals surface area (Å²) >= 11 is 1.77. The Morgan fingerprint density at radius 1 is 1.25 bits per heavy atom. The maximum atomic E-state index is 12.0. The van der Waals surface area contributed by atoms with Gasteiger partial charge in [-0.05, 0) is 50.2 Å². The van der Waals surface area contributed by atoms with Crippen molar-refractivity contribution in [3.63, 3.8) is 0 Å². The Kier molecular flexibility index (Phi) is 4.35. The molecule has 0 heterocycles. The number of benzene rings is 1. The third-order valence-corrected chi connectivity index (χ3v) is 5.72. The molecule has 1 amide bonds. The molecule has 1 N–H and O–H groups in total. The summed E-state index contributed by atoms with van der Waals surface area (Å²) in [6.07, 6.45) is 5.92. The number of aryl methyl sites for hydroxylation is 1. The lowest BCUT2D eigenvalue weighted by Gasteiger charge is -2.22. The lowest BCUT2D eigenvalue weighted by atomic mass is 9.95. The fourth-order valence-corrected chi connectivity index (χ4v) is 4.45. The van der Waals surface area contributed by atoms with Crippen LogP contribution in [-0.2, 0) is 4.79 Å². The molecule has 0 radical (unpaired) electrons. The van der Waals surface area contributed by atoms with E-state index in [0.29, 0.717) is 12.5 Å². The molecule has 1 aromatic carbocycles. The molecule has 2 saturated carbocycles. The summed E-state index contributed by atoms with van der Waals surface area (Å²) in [6, 6.07) is 8.99. The number of carbonyl (C=O) groups excluding carboxylic acids is 1. The Balaban J connectivity index is 1.38. The van der Waals surface area contributed by atoms with E-state index in [1.54, 1.807) is 11.8 Å². The van der Waals surface area contributed by atoms with Gasteiger partial charge in [0.1, 0.15) is 0 Å². The van der Waals surface area contributed by atoms with E-state index in [1.165, 1.54) is 36.1 Å². The van der Waals surface area contributed by atoms with Gasteiger partial charge in [-0.3, -0.25) is 4.79 Å². The molecular formula is C17H23NOS. The number of hydrogen-bond acceptors (Lipinski definition) is 2. The molecule has 0 aromatic heterocycles. The Hall–Kier alpha value is -0.960. The lowest BCUT2D eigenvalue weighted by Crippen LogP contribution is -2.38. The van der Waals surface area contributed by atoms with E-state index in [0.717, 1.165) is 17.6 Å². The summed E-state index contributed by atoms with van der Waals surface area (Å²) in [5.41, 5.74) is 1.28. The van der Waals surface area contributed by atoms with Crippen LogP contribution in [-0.4, -0.2) is 17.7 Å². The van der Waals surface area contributed by atoms with Crippen molar-refractivity contribution >= 4 is 17.7 Å². The molecule has 0 spiro atoms. The van der Waals surface area contributed by atoms with Crippen LogP contribution in [0.25, 0.3) is 0 Å². The molecule has 0 saturated heterocycles. The molecule has 2 fully saturated rings. The summed E-state index contributed by atoms with van der Waals surface area (Å²) < 4.78 is 0. The maximum Gasteiger partial charge on any atom is 0.221 e. The maximum absolute atomic E-state index is 12.0. The Bertz CT molecular complexity index is 470. The van der Waals surface area contributed by atoms with Crippen LogP contribution in [0.2, 0.25) is 0 Å². The normalized spacial score (nSPS) is 27.8. The number of rotatable bonds is 5. The van der Waals surface area contributed by atoms with Crippen molar-refractivity contribution in [2.24, 2.45) is 11.8 Å². The van der Waals surface area contributed by atoms with Crippen molar-refractivity contribution in [2.75, 3.05) is 5.75 Å². The smallest absolute Gasteiger partial charge is 0.221 e. The van der Waals surface area contributed by atoms with Crippen LogP contribution in [0.4, 0.5) is 0 Å². The van der Waals surface area contributed by atoms with Gasteiger partial charge in [0.05, 0.1) is 0 Å². The molecular weight excluding hydrogens is 266 g/mol. The van der Waals surface area contributed by atoms with E-state index in [-0.39, 0.29) is 5.91 Å². The van der Waals surface area contributed by atoms with Crippen LogP contribution in [0.1, 0.15) is 37.7 Å². The van der Waals surface area contributed by atoms with Gasteiger partial charge in [-0.2, -0.15) is 0 Å². The molecule has 0 aliphatic heterocycles. The van der Waals surface area contributed by atoms with Gasteiger partial charge in [0, 0.05) is 23.1 Å². The molecule has 3 heteroatoms. The van der Waals surface area contributed by atoms with Gasteiger partial charge in [0.2, 0.25) is 5.91 Å². The average Bonchev–Trinajstić information content (AvgIpc) is 3.03. The summed E-state index contributed by atoms with van der Waals surface area (Å²) in [7, 11) is 0. The minimum atomic E-state index is 0.238. The number of carbonyl (C=O) groups is 1. The van der Waals surface area contributed by atoms with Crippen molar-refractivity contribution < 1.29 is 4.79 Å². The highest BCUT2D eigenvalue weighted by Crippen LogP contribution is 2.44. The molecule has 3 atom stereocenters. The molecule has 2 aliphatic rings. The predicted octanol–water partition coefficient (Wildman–Crippen LogP) is 3.78. The van der Waals surface area contributed by atoms with Gasteiger partial charge in [-0.1, -0.05) is 24.1 Å². The van der Waals surface area contributed by atoms with Crippen molar-refractivity contribution in [3.8, 4) is 0 Å². The van der Waals surface area contributed by atoms with E-state index >= 15 is 0 Å². The van der Waals surface area contributed by atoms with Gasteiger partial charge in [-0.15, -0.1) is 11.8 Å². The monoisotopic (exact) mass is 289 g/mol. The van der Waals surface area contributed by atoms with E-state index in [4.69, 9.17) is 0 Å².